The van der Waals surface area contributed by atoms with Crippen LogP contribution in [0, 0.1) is 11.8 Å². The van der Waals surface area contributed by atoms with Gasteiger partial charge in [-0.25, -0.2) is 0 Å². The predicted molar refractivity (Wildman–Crippen MR) is 105 cm³/mol. The van der Waals surface area contributed by atoms with Gasteiger partial charge in [-0.15, -0.1) is 0 Å². The van der Waals surface area contributed by atoms with Crippen molar-refractivity contribution in [1.29, 1.82) is 0 Å². The van der Waals surface area contributed by atoms with Gasteiger partial charge in [-0.2, -0.15) is 0 Å². The molecule has 2 rings (SSSR count). The highest BCUT2D eigenvalue weighted by atomic mass is 35.5. The molecule has 1 atom stereocenters. The maximum absolute atomic E-state index is 13.1. The lowest BCUT2D eigenvalue weighted by molar-refractivity contribution is -0.149. The summed E-state index contributed by atoms with van der Waals surface area (Å²) in [5.74, 6) is -0.130. The van der Waals surface area contributed by atoms with E-state index in [4.69, 9.17) is 16.3 Å². The van der Waals surface area contributed by atoms with E-state index < -0.39 is 5.92 Å². The molecule has 148 valence electrons. The number of Topliss-reactive ketones (excluding diaryl/α,β-unsaturated/α-hetero) is 1. The van der Waals surface area contributed by atoms with Crippen molar-refractivity contribution in [3.8, 4) is 5.75 Å². The van der Waals surface area contributed by atoms with Gasteiger partial charge in [-0.05, 0) is 42.5 Å². The third-order valence-electron chi connectivity index (χ3n) is 5.35. The maximum atomic E-state index is 13.1. The third kappa shape index (κ3) is 5.55. The molecule has 0 aliphatic carbocycles. The van der Waals surface area contributed by atoms with Crippen LogP contribution < -0.4 is 4.74 Å². The standard InChI is InChI=1S/C21H28ClNO4/c1-4-14(5-2)10-20(25)23-13-18(24)8-6-15(21(23)26)11-16-12-17(22)7-9-19(16)27-3/h7,9,12,14-15H,4-6,8,10-11,13H2,1-3H3. The highest BCUT2D eigenvalue weighted by Crippen LogP contribution is 2.29. The zero-order valence-corrected chi connectivity index (χ0v) is 17.1. The van der Waals surface area contributed by atoms with Crippen molar-refractivity contribution in [1.82, 2.24) is 4.90 Å². The number of likely N-dealkylation sites (tertiary alicyclic amines) is 1. The van der Waals surface area contributed by atoms with Gasteiger partial charge in [0.25, 0.3) is 0 Å². The average molecular weight is 394 g/mol. The molecule has 1 aromatic rings. The first-order valence-electron chi connectivity index (χ1n) is 9.57. The molecule has 1 fully saturated rings. The molecular weight excluding hydrogens is 366 g/mol. The number of hydrogen-bond donors (Lipinski definition) is 0. The Morgan fingerprint density at radius 2 is 2.00 bits per heavy atom. The molecule has 1 heterocycles. The number of amides is 2. The Hall–Kier alpha value is -1.88. The smallest absolute Gasteiger partial charge is 0.233 e. The van der Waals surface area contributed by atoms with Crippen LogP contribution in [-0.4, -0.2) is 36.2 Å². The molecule has 27 heavy (non-hydrogen) atoms. The number of nitrogens with zero attached hydrogens (tertiary/aromatic N) is 1. The first kappa shape index (κ1) is 21.4. The summed E-state index contributed by atoms with van der Waals surface area (Å²) in [5, 5.41) is 0.560. The molecule has 6 heteroatoms. The molecule has 0 N–H and O–H groups in total. The summed E-state index contributed by atoms with van der Waals surface area (Å²) >= 11 is 6.09. The van der Waals surface area contributed by atoms with Crippen LogP contribution in [0.25, 0.3) is 0 Å². The molecule has 1 aromatic carbocycles. The first-order valence-corrected chi connectivity index (χ1v) is 9.95. The zero-order chi connectivity index (χ0) is 20.0. The largest absolute Gasteiger partial charge is 0.496 e. The average Bonchev–Trinajstić information content (AvgIpc) is 2.79. The lowest BCUT2D eigenvalue weighted by Gasteiger charge is -2.24. The van der Waals surface area contributed by atoms with Crippen molar-refractivity contribution >= 4 is 29.2 Å². The van der Waals surface area contributed by atoms with Gasteiger partial charge in [0.2, 0.25) is 11.8 Å². The quantitative estimate of drug-likeness (QED) is 0.701. The van der Waals surface area contributed by atoms with E-state index in [1.165, 1.54) is 4.90 Å². The molecule has 1 aliphatic heterocycles. The summed E-state index contributed by atoms with van der Waals surface area (Å²) in [4.78, 5) is 39.1. The van der Waals surface area contributed by atoms with E-state index in [0.29, 0.717) is 36.5 Å². The molecule has 0 bridgehead atoms. The molecule has 1 saturated heterocycles. The van der Waals surface area contributed by atoms with E-state index >= 15 is 0 Å². The minimum absolute atomic E-state index is 0.0678. The van der Waals surface area contributed by atoms with E-state index in [1.54, 1.807) is 25.3 Å². The van der Waals surface area contributed by atoms with Crippen LogP contribution >= 0.6 is 11.6 Å². The SMILES string of the molecule is CCC(CC)CC(=O)N1CC(=O)CCC(Cc2cc(Cl)ccc2OC)C1=O. The third-order valence-corrected chi connectivity index (χ3v) is 5.58. The van der Waals surface area contributed by atoms with Crippen LogP contribution in [-0.2, 0) is 20.8 Å². The summed E-state index contributed by atoms with van der Waals surface area (Å²) < 4.78 is 5.37. The van der Waals surface area contributed by atoms with Crippen molar-refractivity contribution in [2.45, 2.75) is 52.4 Å². The Bertz CT molecular complexity index is 699. The Morgan fingerprint density at radius 1 is 1.30 bits per heavy atom. The number of carbonyl (C=O) groups is 3. The highest BCUT2D eigenvalue weighted by molar-refractivity contribution is 6.30. The van der Waals surface area contributed by atoms with Crippen LogP contribution in [0.3, 0.4) is 0 Å². The van der Waals surface area contributed by atoms with Gasteiger partial charge in [-0.3, -0.25) is 19.3 Å². The summed E-state index contributed by atoms with van der Waals surface area (Å²) in [5.41, 5.74) is 0.810. The van der Waals surface area contributed by atoms with Gasteiger partial charge >= 0.3 is 0 Å². The number of hydrogen-bond acceptors (Lipinski definition) is 4. The Kier molecular flexibility index (Phi) is 7.84. The number of ether oxygens (including phenoxy) is 1. The van der Waals surface area contributed by atoms with Crippen LogP contribution in [0.4, 0.5) is 0 Å². The topological polar surface area (TPSA) is 63.7 Å². The lowest BCUT2D eigenvalue weighted by Crippen LogP contribution is -2.42. The monoisotopic (exact) mass is 393 g/mol. The molecule has 0 radical (unpaired) electrons. The maximum Gasteiger partial charge on any atom is 0.233 e. The van der Waals surface area contributed by atoms with Crippen LogP contribution in [0.1, 0.15) is 51.5 Å². The summed E-state index contributed by atoms with van der Waals surface area (Å²) in [6.07, 6.45) is 3.18. The predicted octanol–water partition coefficient (Wildman–Crippen LogP) is 4.05. The molecule has 0 aromatic heterocycles. The summed E-state index contributed by atoms with van der Waals surface area (Å²) in [7, 11) is 1.57. The van der Waals surface area contributed by atoms with E-state index in [9.17, 15) is 14.4 Å². The second-order valence-electron chi connectivity index (χ2n) is 7.14. The molecule has 0 spiro atoms. The van der Waals surface area contributed by atoms with E-state index in [2.05, 4.69) is 0 Å². The van der Waals surface area contributed by atoms with Crippen molar-refractivity contribution in [3.05, 3.63) is 28.8 Å². The van der Waals surface area contributed by atoms with Gasteiger partial charge in [0.15, 0.2) is 5.78 Å². The first-order chi connectivity index (χ1) is 12.9. The molecular formula is C21H28ClNO4. The normalized spacial score (nSPS) is 18.0. The number of benzene rings is 1. The minimum Gasteiger partial charge on any atom is -0.496 e. The molecule has 0 saturated carbocycles. The molecule has 5 nitrogen and oxygen atoms in total. The fraction of sp³-hybridized carbons (Fsp3) is 0.571. The van der Waals surface area contributed by atoms with Crippen LogP contribution in [0.2, 0.25) is 5.02 Å². The highest BCUT2D eigenvalue weighted by Gasteiger charge is 2.34. The van der Waals surface area contributed by atoms with Gasteiger partial charge in [-0.1, -0.05) is 38.3 Å². The molecule has 2 amide bonds. The van der Waals surface area contributed by atoms with Crippen LogP contribution in [0.5, 0.6) is 5.75 Å². The Morgan fingerprint density at radius 3 is 2.63 bits per heavy atom. The summed E-state index contributed by atoms with van der Waals surface area (Å²) in [6, 6.07) is 5.27. The molecule has 1 unspecified atom stereocenters. The minimum atomic E-state index is -0.436. The van der Waals surface area contributed by atoms with Gasteiger partial charge in [0.1, 0.15) is 5.75 Å². The van der Waals surface area contributed by atoms with Gasteiger partial charge < -0.3 is 4.74 Å². The summed E-state index contributed by atoms with van der Waals surface area (Å²) in [6.45, 7) is 3.96. The van der Waals surface area contributed by atoms with E-state index in [1.807, 2.05) is 13.8 Å². The number of imide groups is 1. The van der Waals surface area contributed by atoms with Crippen molar-refractivity contribution in [2.75, 3.05) is 13.7 Å². The number of rotatable bonds is 7. The van der Waals surface area contributed by atoms with Crippen molar-refractivity contribution in [2.24, 2.45) is 11.8 Å². The fourth-order valence-corrected chi connectivity index (χ4v) is 3.71. The van der Waals surface area contributed by atoms with E-state index in [-0.39, 0.29) is 30.1 Å². The number of ketones is 1. The van der Waals surface area contributed by atoms with Crippen LogP contribution in [0.15, 0.2) is 18.2 Å². The number of methoxy groups -OCH3 is 1. The number of carbonyl (C=O) groups excluding carboxylic acids is 3. The zero-order valence-electron chi connectivity index (χ0n) is 16.3. The Balaban J connectivity index is 2.22. The van der Waals surface area contributed by atoms with Crippen molar-refractivity contribution < 1.29 is 19.1 Å². The lowest BCUT2D eigenvalue weighted by atomic mass is 9.93. The number of halogens is 1. The van der Waals surface area contributed by atoms with Gasteiger partial charge in [0, 0.05) is 23.8 Å². The second kappa shape index (κ2) is 9.88. The van der Waals surface area contributed by atoms with E-state index in [0.717, 1.165) is 18.4 Å². The Labute approximate surface area is 166 Å². The molecule has 1 aliphatic rings. The van der Waals surface area contributed by atoms with Gasteiger partial charge in [0.05, 0.1) is 13.7 Å². The van der Waals surface area contributed by atoms with Crippen molar-refractivity contribution in [3.63, 3.8) is 0 Å². The fourth-order valence-electron chi connectivity index (χ4n) is 3.52. The second-order valence-corrected chi connectivity index (χ2v) is 7.58.